The zero-order valence-electron chi connectivity index (χ0n) is 11.8. The maximum atomic E-state index is 5.92. The van der Waals surface area contributed by atoms with Gasteiger partial charge in [0.2, 0.25) is 0 Å². The lowest BCUT2D eigenvalue weighted by Gasteiger charge is -2.31. The number of aryl methyl sites for hydroxylation is 1. The molecule has 5 heteroatoms. The van der Waals surface area contributed by atoms with Crippen LogP contribution in [0.25, 0.3) is 0 Å². The van der Waals surface area contributed by atoms with Gasteiger partial charge in [0.15, 0.2) is 0 Å². The van der Waals surface area contributed by atoms with Gasteiger partial charge < -0.3 is 9.72 Å². The van der Waals surface area contributed by atoms with Crippen LogP contribution in [-0.2, 0) is 17.9 Å². The summed E-state index contributed by atoms with van der Waals surface area (Å²) in [6.45, 7) is 6.14. The lowest BCUT2D eigenvalue weighted by molar-refractivity contribution is -0.00494. The summed E-state index contributed by atoms with van der Waals surface area (Å²) in [5, 5.41) is 0. The van der Waals surface area contributed by atoms with Crippen molar-refractivity contribution in [1.29, 1.82) is 0 Å². The summed E-state index contributed by atoms with van der Waals surface area (Å²) in [7, 11) is 0. The fraction of sp³-hybridized carbons (Fsp3) is 0.533. The zero-order chi connectivity index (χ0) is 13.8. The maximum absolute atomic E-state index is 5.92. The summed E-state index contributed by atoms with van der Waals surface area (Å²) < 4.78 is 5.92. The lowest BCUT2D eigenvalue weighted by atomic mass is 10.1. The molecule has 4 nitrogen and oxygen atoms in total. The van der Waals surface area contributed by atoms with Crippen molar-refractivity contribution in [3.63, 3.8) is 0 Å². The van der Waals surface area contributed by atoms with Gasteiger partial charge in [-0.25, -0.2) is 4.98 Å². The van der Waals surface area contributed by atoms with Crippen LogP contribution in [0.3, 0.4) is 0 Å². The molecule has 2 aromatic rings. The van der Waals surface area contributed by atoms with E-state index in [-0.39, 0.29) is 0 Å². The second-order valence-corrected chi connectivity index (χ2v) is 6.73. The predicted molar refractivity (Wildman–Crippen MR) is 80.7 cm³/mol. The first kappa shape index (κ1) is 13.8. The lowest BCUT2D eigenvalue weighted by Crippen LogP contribution is -2.36. The van der Waals surface area contributed by atoms with E-state index in [0.29, 0.717) is 12.7 Å². The summed E-state index contributed by atoms with van der Waals surface area (Å²) >= 11 is 1.91. The molecule has 20 heavy (non-hydrogen) atoms. The number of imidazole rings is 1. The molecule has 0 saturated carbocycles. The third-order valence-corrected chi connectivity index (χ3v) is 4.72. The Labute approximate surface area is 123 Å². The molecule has 1 N–H and O–H groups in total. The highest BCUT2D eigenvalue weighted by Gasteiger charge is 2.20. The van der Waals surface area contributed by atoms with Crippen LogP contribution in [0.4, 0.5) is 0 Å². The first-order chi connectivity index (χ1) is 9.79. The van der Waals surface area contributed by atoms with E-state index in [2.05, 4.69) is 33.9 Å². The van der Waals surface area contributed by atoms with Crippen LogP contribution in [0.15, 0.2) is 24.7 Å². The first-order valence-corrected chi connectivity index (χ1v) is 7.98. The van der Waals surface area contributed by atoms with E-state index in [9.17, 15) is 0 Å². The zero-order valence-corrected chi connectivity index (χ0v) is 12.7. The number of nitrogens with zero attached hydrogens (tertiary/aromatic N) is 2. The molecule has 1 aliphatic heterocycles. The van der Waals surface area contributed by atoms with Gasteiger partial charge in [0.1, 0.15) is 0 Å². The number of likely N-dealkylation sites (tertiary alicyclic amines) is 1. The molecular weight excluding hydrogens is 270 g/mol. The molecule has 0 spiro atoms. The SMILES string of the molecule is Cc1ccc(CN2CCC(OCc3c[nH]cn3)CC2)s1. The number of aromatic nitrogens is 2. The van der Waals surface area contributed by atoms with Crippen LogP contribution in [0.5, 0.6) is 0 Å². The quantitative estimate of drug-likeness (QED) is 0.921. The Bertz CT molecular complexity index is 515. The highest BCUT2D eigenvalue weighted by atomic mass is 32.1. The Morgan fingerprint density at radius 3 is 2.90 bits per heavy atom. The fourth-order valence-electron chi connectivity index (χ4n) is 2.60. The molecule has 0 radical (unpaired) electrons. The van der Waals surface area contributed by atoms with Gasteiger partial charge in [-0.2, -0.15) is 0 Å². The molecule has 0 unspecified atom stereocenters. The number of nitrogens with one attached hydrogen (secondary N) is 1. The third-order valence-electron chi connectivity index (χ3n) is 3.73. The second-order valence-electron chi connectivity index (χ2n) is 5.36. The summed E-state index contributed by atoms with van der Waals surface area (Å²) in [5.74, 6) is 0. The third kappa shape index (κ3) is 3.69. The van der Waals surface area contributed by atoms with Crippen LogP contribution in [-0.4, -0.2) is 34.1 Å². The summed E-state index contributed by atoms with van der Waals surface area (Å²) in [6.07, 6.45) is 6.22. The Balaban J connectivity index is 1.40. The Morgan fingerprint density at radius 2 is 2.25 bits per heavy atom. The molecule has 108 valence electrons. The normalized spacial score (nSPS) is 17.6. The molecule has 3 rings (SSSR count). The van der Waals surface area contributed by atoms with E-state index >= 15 is 0 Å². The summed E-state index contributed by atoms with van der Waals surface area (Å²) in [4.78, 5) is 12.5. The minimum absolute atomic E-state index is 0.382. The van der Waals surface area contributed by atoms with Gasteiger partial charge in [-0.15, -0.1) is 11.3 Å². The number of H-pyrrole nitrogens is 1. The average molecular weight is 291 g/mol. The van der Waals surface area contributed by atoms with Crippen LogP contribution < -0.4 is 0 Å². The minimum Gasteiger partial charge on any atom is -0.372 e. The van der Waals surface area contributed by atoms with E-state index in [1.165, 1.54) is 9.75 Å². The van der Waals surface area contributed by atoms with Crippen molar-refractivity contribution < 1.29 is 4.74 Å². The van der Waals surface area contributed by atoms with E-state index in [1.807, 2.05) is 17.5 Å². The van der Waals surface area contributed by atoms with Crippen LogP contribution in [0.1, 0.15) is 28.3 Å². The molecule has 0 aliphatic carbocycles. The molecular formula is C15H21N3OS. The number of rotatable bonds is 5. The first-order valence-electron chi connectivity index (χ1n) is 7.16. The van der Waals surface area contributed by atoms with Crippen molar-refractivity contribution in [3.05, 3.63) is 40.1 Å². The van der Waals surface area contributed by atoms with Crippen molar-refractivity contribution >= 4 is 11.3 Å². The standard InChI is InChI=1S/C15H21N3OS/c1-12-2-3-15(20-12)9-18-6-4-14(5-7-18)19-10-13-8-16-11-17-13/h2-3,8,11,14H,4-7,9-10H2,1H3,(H,16,17). The van der Waals surface area contributed by atoms with Crippen molar-refractivity contribution in [2.75, 3.05) is 13.1 Å². The maximum Gasteiger partial charge on any atom is 0.0924 e. The number of hydrogen-bond donors (Lipinski definition) is 1. The Morgan fingerprint density at radius 1 is 1.40 bits per heavy atom. The molecule has 1 saturated heterocycles. The number of hydrogen-bond acceptors (Lipinski definition) is 4. The van der Waals surface area contributed by atoms with E-state index in [0.717, 1.165) is 38.2 Å². The minimum atomic E-state index is 0.382. The predicted octanol–water partition coefficient (Wildman–Crippen LogP) is 2.96. The van der Waals surface area contributed by atoms with Crippen LogP contribution in [0, 0.1) is 6.92 Å². The molecule has 1 fully saturated rings. The van der Waals surface area contributed by atoms with Crippen molar-refractivity contribution in [2.24, 2.45) is 0 Å². The Kier molecular flexibility index (Phi) is 4.50. The molecule has 0 atom stereocenters. The van der Waals surface area contributed by atoms with Gasteiger partial charge in [0, 0.05) is 35.6 Å². The molecule has 0 amide bonds. The van der Waals surface area contributed by atoms with E-state index in [4.69, 9.17) is 4.74 Å². The van der Waals surface area contributed by atoms with Crippen molar-refractivity contribution in [3.8, 4) is 0 Å². The summed E-state index contributed by atoms with van der Waals surface area (Å²) in [6, 6.07) is 4.46. The molecule has 0 bridgehead atoms. The van der Waals surface area contributed by atoms with E-state index in [1.54, 1.807) is 6.33 Å². The average Bonchev–Trinajstić information content (AvgIpc) is 3.10. The van der Waals surface area contributed by atoms with Gasteiger partial charge in [0.25, 0.3) is 0 Å². The van der Waals surface area contributed by atoms with Crippen molar-refractivity contribution in [2.45, 2.75) is 39.0 Å². The highest BCUT2D eigenvalue weighted by Crippen LogP contribution is 2.21. The Hall–Kier alpha value is -1.17. The molecule has 0 aromatic carbocycles. The smallest absolute Gasteiger partial charge is 0.0924 e. The second kappa shape index (κ2) is 6.52. The molecule has 3 heterocycles. The summed E-state index contributed by atoms with van der Waals surface area (Å²) in [5.41, 5.74) is 0.987. The van der Waals surface area contributed by atoms with E-state index < -0.39 is 0 Å². The van der Waals surface area contributed by atoms with Crippen molar-refractivity contribution in [1.82, 2.24) is 14.9 Å². The van der Waals surface area contributed by atoms with Gasteiger partial charge in [-0.3, -0.25) is 4.90 Å². The monoisotopic (exact) mass is 291 g/mol. The highest BCUT2D eigenvalue weighted by molar-refractivity contribution is 7.11. The topological polar surface area (TPSA) is 41.1 Å². The number of piperidine rings is 1. The molecule has 2 aromatic heterocycles. The van der Waals surface area contributed by atoms with Gasteiger partial charge in [-0.05, 0) is 31.9 Å². The number of thiophene rings is 1. The van der Waals surface area contributed by atoms with Crippen LogP contribution >= 0.6 is 11.3 Å². The van der Waals surface area contributed by atoms with Gasteiger partial charge in [-0.1, -0.05) is 0 Å². The van der Waals surface area contributed by atoms with Gasteiger partial charge in [0.05, 0.1) is 24.7 Å². The number of aromatic amines is 1. The largest absolute Gasteiger partial charge is 0.372 e. The number of ether oxygens (including phenoxy) is 1. The van der Waals surface area contributed by atoms with Crippen LogP contribution in [0.2, 0.25) is 0 Å². The van der Waals surface area contributed by atoms with Gasteiger partial charge >= 0.3 is 0 Å². The molecule has 1 aliphatic rings. The fourth-order valence-corrected chi connectivity index (χ4v) is 3.53.